The molecule has 0 spiro atoms. The summed E-state index contributed by atoms with van der Waals surface area (Å²) < 4.78 is 0. The molecule has 1 N–H and O–H groups in total. The molecule has 0 bridgehead atoms. The van der Waals surface area contributed by atoms with Crippen LogP contribution in [0.2, 0.25) is 0 Å². The van der Waals surface area contributed by atoms with Crippen LogP contribution in [0.4, 0.5) is 0 Å². The van der Waals surface area contributed by atoms with Crippen LogP contribution in [0, 0.1) is 13.8 Å². The van der Waals surface area contributed by atoms with E-state index in [9.17, 15) is 0 Å². The summed E-state index contributed by atoms with van der Waals surface area (Å²) in [6.45, 7) is 6.54. The number of nitrogens with one attached hydrogen (secondary N) is 1. The molecule has 21 heavy (non-hydrogen) atoms. The Bertz CT molecular complexity index is 550. The maximum absolute atomic E-state index is 3.35. The van der Waals surface area contributed by atoms with E-state index < -0.39 is 0 Å². The van der Waals surface area contributed by atoms with Crippen molar-refractivity contribution in [3.8, 4) is 0 Å². The van der Waals surface area contributed by atoms with Crippen molar-refractivity contribution in [2.24, 2.45) is 0 Å². The molecule has 0 aliphatic heterocycles. The van der Waals surface area contributed by atoms with E-state index in [0.29, 0.717) is 6.04 Å². The number of hydrogen-bond donors (Lipinski definition) is 1. The van der Waals surface area contributed by atoms with Crippen LogP contribution in [0.15, 0.2) is 47.4 Å². The highest BCUT2D eigenvalue weighted by atomic mass is 32.2. The Morgan fingerprint density at radius 3 is 2.14 bits per heavy atom. The van der Waals surface area contributed by atoms with Gasteiger partial charge in [-0.25, -0.2) is 0 Å². The number of benzene rings is 2. The van der Waals surface area contributed by atoms with Gasteiger partial charge in [0, 0.05) is 16.7 Å². The fraction of sp³-hybridized carbons (Fsp3) is 0.368. The van der Waals surface area contributed by atoms with Crippen molar-refractivity contribution in [2.75, 3.05) is 7.05 Å². The number of rotatable bonds is 6. The third kappa shape index (κ3) is 4.62. The van der Waals surface area contributed by atoms with E-state index in [1.54, 1.807) is 0 Å². The molecule has 0 saturated carbocycles. The van der Waals surface area contributed by atoms with Crippen LogP contribution in [0.1, 0.15) is 41.6 Å². The summed E-state index contributed by atoms with van der Waals surface area (Å²) in [7, 11) is 2.02. The topological polar surface area (TPSA) is 12.0 Å². The lowest BCUT2D eigenvalue weighted by Gasteiger charge is -2.14. The lowest BCUT2D eigenvalue weighted by atomic mass is 10.1. The zero-order valence-corrected chi connectivity index (χ0v) is 14.3. The summed E-state index contributed by atoms with van der Waals surface area (Å²) in [6, 6.07) is 16.2. The molecule has 2 rings (SSSR count). The highest BCUT2D eigenvalue weighted by Crippen LogP contribution is 2.26. The van der Waals surface area contributed by atoms with E-state index in [4.69, 9.17) is 0 Å². The van der Waals surface area contributed by atoms with E-state index >= 15 is 0 Å². The zero-order valence-electron chi connectivity index (χ0n) is 13.4. The molecule has 0 saturated heterocycles. The predicted molar refractivity (Wildman–Crippen MR) is 94.0 cm³/mol. The molecule has 1 nitrogen and oxygen atoms in total. The van der Waals surface area contributed by atoms with Crippen LogP contribution in [0.5, 0.6) is 0 Å². The SMILES string of the molecule is CCC(NC)c1ccc(SCc2cc(C)cc(C)c2)cc1. The molecular weight excluding hydrogens is 274 g/mol. The lowest BCUT2D eigenvalue weighted by molar-refractivity contribution is 0.576. The molecule has 1 unspecified atom stereocenters. The molecule has 0 heterocycles. The summed E-state index contributed by atoms with van der Waals surface area (Å²) in [4.78, 5) is 1.34. The van der Waals surface area contributed by atoms with Crippen molar-refractivity contribution >= 4 is 11.8 Å². The summed E-state index contributed by atoms with van der Waals surface area (Å²) in [5.74, 6) is 1.03. The molecule has 0 amide bonds. The van der Waals surface area contributed by atoms with Gasteiger partial charge >= 0.3 is 0 Å². The van der Waals surface area contributed by atoms with Gasteiger partial charge in [0.05, 0.1) is 0 Å². The van der Waals surface area contributed by atoms with Crippen LogP contribution in [-0.4, -0.2) is 7.05 Å². The quantitative estimate of drug-likeness (QED) is 0.730. The van der Waals surface area contributed by atoms with Crippen LogP contribution in [-0.2, 0) is 5.75 Å². The number of thioether (sulfide) groups is 1. The van der Waals surface area contributed by atoms with Gasteiger partial charge in [-0.15, -0.1) is 11.8 Å². The Balaban J connectivity index is 2.00. The molecule has 0 radical (unpaired) electrons. The summed E-state index contributed by atoms with van der Waals surface area (Å²) in [5.41, 5.74) is 5.47. The second-order valence-electron chi connectivity index (χ2n) is 5.60. The standard InChI is InChI=1S/C19H25NS/c1-5-19(20-4)17-6-8-18(9-7-17)21-13-16-11-14(2)10-15(3)12-16/h6-12,19-20H,5,13H2,1-4H3. The van der Waals surface area contributed by atoms with Gasteiger partial charge in [0.2, 0.25) is 0 Å². The van der Waals surface area contributed by atoms with Gasteiger partial charge in [-0.05, 0) is 50.6 Å². The number of aryl methyl sites for hydroxylation is 2. The zero-order chi connectivity index (χ0) is 15.2. The monoisotopic (exact) mass is 299 g/mol. The third-order valence-electron chi connectivity index (χ3n) is 3.73. The Morgan fingerprint density at radius 1 is 1.00 bits per heavy atom. The molecular formula is C19H25NS. The highest BCUT2D eigenvalue weighted by Gasteiger charge is 2.06. The second kappa shape index (κ2) is 7.67. The van der Waals surface area contributed by atoms with Crippen LogP contribution < -0.4 is 5.32 Å². The lowest BCUT2D eigenvalue weighted by Crippen LogP contribution is -2.14. The second-order valence-corrected chi connectivity index (χ2v) is 6.65. The smallest absolute Gasteiger partial charge is 0.0314 e. The number of hydrogen-bond acceptors (Lipinski definition) is 2. The molecule has 2 heteroatoms. The van der Waals surface area contributed by atoms with Gasteiger partial charge < -0.3 is 5.32 Å². The summed E-state index contributed by atoms with van der Waals surface area (Å²) in [6.07, 6.45) is 1.12. The Hall–Kier alpha value is -1.25. The first-order chi connectivity index (χ1) is 10.1. The van der Waals surface area contributed by atoms with Crippen LogP contribution in [0.3, 0.4) is 0 Å². The van der Waals surface area contributed by atoms with Gasteiger partial charge in [-0.1, -0.05) is 48.4 Å². The van der Waals surface area contributed by atoms with E-state index in [-0.39, 0.29) is 0 Å². The first-order valence-corrected chi connectivity index (χ1v) is 8.58. The van der Waals surface area contributed by atoms with E-state index in [0.717, 1.165) is 12.2 Å². The van der Waals surface area contributed by atoms with Crippen LogP contribution in [0.25, 0.3) is 0 Å². The predicted octanol–water partition coefficient (Wildman–Crippen LogP) is 5.27. The molecule has 0 aliphatic carbocycles. The minimum atomic E-state index is 0.462. The molecule has 2 aromatic rings. The molecule has 0 fully saturated rings. The van der Waals surface area contributed by atoms with Crippen molar-refractivity contribution in [1.82, 2.24) is 5.32 Å². The first-order valence-electron chi connectivity index (χ1n) is 7.59. The maximum atomic E-state index is 3.35. The normalized spacial score (nSPS) is 12.4. The third-order valence-corrected chi connectivity index (χ3v) is 4.81. The fourth-order valence-corrected chi connectivity index (χ4v) is 3.55. The molecule has 0 aromatic heterocycles. The summed E-state index contributed by atoms with van der Waals surface area (Å²) >= 11 is 1.91. The van der Waals surface area contributed by atoms with Gasteiger partial charge in [0.1, 0.15) is 0 Å². The minimum absolute atomic E-state index is 0.462. The summed E-state index contributed by atoms with van der Waals surface area (Å²) in [5, 5.41) is 3.35. The Labute approximate surface area is 133 Å². The van der Waals surface area contributed by atoms with Crippen molar-refractivity contribution < 1.29 is 0 Å². The highest BCUT2D eigenvalue weighted by molar-refractivity contribution is 7.98. The van der Waals surface area contributed by atoms with Gasteiger partial charge in [0.25, 0.3) is 0 Å². The molecule has 1 atom stereocenters. The van der Waals surface area contributed by atoms with Gasteiger partial charge in [-0.2, -0.15) is 0 Å². The van der Waals surface area contributed by atoms with E-state index in [2.05, 4.69) is 68.6 Å². The van der Waals surface area contributed by atoms with E-state index in [1.165, 1.54) is 27.1 Å². The average molecular weight is 299 g/mol. The van der Waals surface area contributed by atoms with E-state index in [1.807, 2.05) is 18.8 Å². The fourth-order valence-electron chi connectivity index (χ4n) is 2.72. The van der Waals surface area contributed by atoms with Crippen molar-refractivity contribution in [3.63, 3.8) is 0 Å². The van der Waals surface area contributed by atoms with Crippen molar-refractivity contribution in [3.05, 3.63) is 64.7 Å². The van der Waals surface area contributed by atoms with Gasteiger partial charge in [0.15, 0.2) is 0 Å². The van der Waals surface area contributed by atoms with Crippen LogP contribution >= 0.6 is 11.8 Å². The van der Waals surface area contributed by atoms with Gasteiger partial charge in [-0.3, -0.25) is 0 Å². The Kier molecular flexibility index (Phi) is 5.89. The molecule has 2 aromatic carbocycles. The Morgan fingerprint density at radius 2 is 1.62 bits per heavy atom. The maximum Gasteiger partial charge on any atom is 0.0314 e. The first kappa shape index (κ1) is 16.1. The van der Waals surface area contributed by atoms with Crippen molar-refractivity contribution in [2.45, 2.75) is 43.9 Å². The molecule has 0 aliphatic rings. The van der Waals surface area contributed by atoms with Crippen molar-refractivity contribution in [1.29, 1.82) is 0 Å². The minimum Gasteiger partial charge on any atom is -0.313 e. The average Bonchev–Trinajstić information content (AvgIpc) is 2.47. The largest absolute Gasteiger partial charge is 0.313 e. The molecule has 112 valence electrons.